The second kappa shape index (κ2) is 10.7. The Kier molecular flexibility index (Phi) is 7.12. The molecule has 1 atom stereocenters. The molecule has 1 aromatic heterocycles. The van der Waals surface area contributed by atoms with Gasteiger partial charge in [-0.2, -0.15) is 0 Å². The topological polar surface area (TPSA) is 107 Å². The second-order valence-electron chi connectivity index (χ2n) is 8.54. The first-order chi connectivity index (χ1) is 18.9. The summed E-state index contributed by atoms with van der Waals surface area (Å²) >= 11 is 1.24. The Labute approximate surface area is 228 Å². The van der Waals surface area contributed by atoms with Gasteiger partial charge in [-0.3, -0.25) is 14.5 Å². The highest BCUT2D eigenvalue weighted by atomic mass is 32.1. The third-order valence-corrected chi connectivity index (χ3v) is 7.42. The number of para-hydroxylation sites is 1. The Balaban J connectivity index is 1.74. The number of hydrogen-bond acceptors (Lipinski definition) is 9. The molecule has 0 bridgehead atoms. The lowest BCUT2D eigenvalue weighted by Gasteiger charge is -2.25. The van der Waals surface area contributed by atoms with Crippen LogP contribution < -0.4 is 23.8 Å². The van der Waals surface area contributed by atoms with E-state index < -0.39 is 17.7 Å². The standard InChI is InChI=1S/C29H26N2O7S/c1-5-38-17-11-9-16(10-12-17)25(32)23-24(19-7-6-8-21(36-3)27(19)37-4)31(28(34)26(23)33)29-30-20-14-13-18(35-2)15-22(20)39-29/h6-15,24,32H,5H2,1-4H3/b25-23+/t24-/m0/s1. The molecular formula is C29H26N2O7S. The Morgan fingerprint density at radius 3 is 2.38 bits per heavy atom. The van der Waals surface area contributed by atoms with Crippen molar-refractivity contribution in [1.29, 1.82) is 0 Å². The van der Waals surface area contributed by atoms with Crippen LogP contribution in [0.2, 0.25) is 0 Å². The first-order valence-electron chi connectivity index (χ1n) is 12.1. The smallest absolute Gasteiger partial charge is 0.301 e. The van der Waals surface area contributed by atoms with Crippen LogP contribution in [0.3, 0.4) is 0 Å². The van der Waals surface area contributed by atoms with Gasteiger partial charge in [0.2, 0.25) is 0 Å². The van der Waals surface area contributed by atoms with Crippen LogP contribution in [0.5, 0.6) is 23.0 Å². The summed E-state index contributed by atoms with van der Waals surface area (Å²) in [5.74, 6) is 0.0210. The molecular weight excluding hydrogens is 520 g/mol. The predicted octanol–water partition coefficient (Wildman–Crippen LogP) is 5.35. The molecule has 2 heterocycles. The minimum atomic E-state index is -1.04. The number of aliphatic hydroxyl groups excluding tert-OH is 1. The van der Waals surface area contributed by atoms with E-state index in [4.69, 9.17) is 18.9 Å². The van der Waals surface area contributed by atoms with Crippen molar-refractivity contribution in [1.82, 2.24) is 4.98 Å². The summed E-state index contributed by atoms with van der Waals surface area (Å²) in [6.45, 7) is 2.36. The Hall–Kier alpha value is -4.57. The SMILES string of the molecule is CCOc1ccc(/C(O)=C2\C(=O)C(=O)N(c3nc4ccc(OC)cc4s3)[C@H]2c2cccc(OC)c2OC)cc1. The second-order valence-corrected chi connectivity index (χ2v) is 9.55. The van der Waals surface area contributed by atoms with Gasteiger partial charge in [0.05, 0.1) is 43.7 Å². The summed E-state index contributed by atoms with van der Waals surface area (Å²) in [5, 5.41) is 11.7. The number of hydrogen-bond donors (Lipinski definition) is 1. The van der Waals surface area contributed by atoms with Gasteiger partial charge in [0.25, 0.3) is 5.78 Å². The van der Waals surface area contributed by atoms with E-state index >= 15 is 0 Å². The van der Waals surface area contributed by atoms with E-state index in [0.29, 0.717) is 51.4 Å². The fourth-order valence-electron chi connectivity index (χ4n) is 4.61. The minimum Gasteiger partial charge on any atom is -0.507 e. The predicted molar refractivity (Wildman–Crippen MR) is 148 cm³/mol. The van der Waals surface area contributed by atoms with Gasteiger partial charge in [-0.15, -0.1) is 0 Å². The largest absolute Gasteiger partial charge is 0.507 e. The zero-order valence-corrected chi connectivity index (χ0v) is 22.6. The zero-order chi connectivity index (χ0) is 27.7. The maximum atomic E-state index is 13.6. The van der Waals surface area contributed by atoms with Crippen molar-refractivity contribution in [3.63, 3.8) is 0 Å². The van der Waals surface area contributed by atoms with E-state index in [1.165, 1.54) is 30.5 Å². The molecule has 1 saturated heterocycles. The molecule has 0 unspecified atom stereocenters. The number of carbonyl (C=O) groups excluding carboxylic acids is 2. The number of ketones is 1. The molecule has 200 valence electrons. The summed E-state index contributed by atoms with van der Waals surface area (Å²) in [6.07, 6.45) is 0. The van der Waals surface area contributed by atoms with Crippen LogP contribution in [-0.4, -0.2) is 49.7 Å². The lowest BCUT2D eigenvalue weighted by molar-refractivity contribution is -0.132. The molecule has 0 saturated carbocycles. The van der Waals surface area contributed by atoms with Crippen LogP contribution in [0, 0.1) is 0 Å². The van der Waals surface area contributed by atoms with Crippen LogP contribution in [0.25, 0.3) is 16.0 Å². The molecule has 1 aliphatic heterocycles. The number of nitrogens with zero attached hydrogens (tertiary/aromatic N) is 2. The normalized spacial score (nSPS) is 16.5. The number of aromatic nitrogens is 1. The average Bonchev–Trinajstić information content (AvgIpc) is 3.49. The van der Waals surface area contributed by atoms with Crippen molar-refractivity contribution in [2.24, 2.45) is 0 Å². The van der Waals surface area contributed by atoms with Gasteiger partial charge in [-0.05, 0) is 55.5 Å². The highest BCUT2D eigenvalue weighted by Crippen LogP contribution is 2.48. The maximum Gasteiger partial charge on any atom is 0.301 e. The number of anilines is 1. The van der Waals surface area contributed by atoms with E-state index in [1.807, 2.05) is 13.0 Å². The Morgan fingerprint density at radius 2 is 1.72 bits per heavy atom. The van der Waals surface area contributed by atoms with Gasteiger partial charge in [0.1, 0.15) is 23.3 Å². The average molecular weight is 547 g/mol. The minimum absolute atomic E-state index is 0.0902. The van der Waals surface area contributed by atoms with E-state index in [2.05, 4.69) is 4.98 Å². The van der Waals surface area contributed by atoms with Crippen LogP contribution in [0.1, 0.15) is 24.1 Å². The fourth-order valence-corrected chi connectivity index (χ4v) is 5.63. The third kappa shape index (κ3) is 4.52. The molecule has 1 N–H and O–H groups in total. The number of fused-ring (bicyclic) bond motifs is 1. The molecule has 9 nitrogen and oxygen atoms in total. The quantitative estimate of drug-likeness (QED) is 0.179. The zero-order valence-electron chi connectivity index (χ0n) is 21.8. The molecule has 0 aliphatic carbocycles. The van der Waals surface area contributed by atoms with E-state index in [0.717, 1.165) is 4.70 Å². The number of Topliss-reactive ketones (excluding diaryl/α,β-unsaturated/α-hetero) is 1. The van der Waals surface area contributed by atoms with Gasteiger partial charge in [0, 0.05) is 11.1 Å². The molecule has 4 aromatic rings. The molecule has 10 heteroatoms. The lowest BCUT2D eigenvalue weighted by Crippen LogP contribution is -2.29. The van der Waals surface area contributed by atoms with Gasteiger partial charge >= 0.3 is 5.91 Å². The number of benzene rings is 3. The van der Waals surface area contributed by atoms with Crippen molar-refractivity contribution in [3.05, 3.63) is 77.4 Å². The molecule has 1 aliphatic rings. The Bertz CT molecular complexity index is 1590. The number of methoxy groups -OCH3 is 3. The monoisotopic (exact) mass is 546 g/mol. The fraction of sp³-hybridized carbons (Fsp3) is 0.207. The Morgan fingerprint density at radius 1 is 0.974 bits per heavy atom. The highest BCUT2D eigenvalue weighted by molar-refractivity contribution is 7.22. The summed E-state index contributed by atoms with van der Waals surface area (Å²) < 4.78 is 22.8. The number of rotatable bonds is 8. The molecule has 3 aromatic carbocycles. The van der Waals surface area contributed by atoms with Crippen LogP contribution in [0.15, 0.2) is 66.2 Å². The molecule has 1 amide bonds. The lowest BCUT2D eigenvalue weighted by atomic mass is 9.94. The van der Waals surface area contributed by atoms with Crippen molar-refractivity contribution < 1.29 is 33.6 Å². The highest BCUT2D eigenvalue weighted by Gasteiger charge is 2.49. The van der Waals surface area contributed by atoms with Crippen molar-refractivity contribution >= 4 is 44.1 Å². The van der Waals surface area contributed by atoms with Crippen molar-refractivity contribution in [2.75, 3.05) is 32.8 Å². The summed E-state index contributed by atoms with van der Waals surface area (Å²) in [5.41, 5.74) is 1.37. The number of thiazole rings is 1. The molecule has 0 radical (unpaired) electrons. The first kappa shape index (κ1) is 26.1. The van der Waals surface area contributed by atoms with E-state index in [9.17, 15) is 14.7 Å². The van der Waals surface area contributed by atoms with Crippen LogP contribution in [0.4, 0.5) is 5.13 Å². The van der Waals surface area contributed by atoms with Gasteiger partial charge in [-0.1, -0.05) is 23.5 Å². The molecule has 39 heavy (non-hydrogen) atoms. The molecule has 1 fully saturated rings. The van der Waals surface area contributed by atoms with Gasteiger partial charge < -0.3 is 24.1 Å². The van der Waals surface area contributed by atoms with E-state index in [1.54, 1.807) is 61.7 Å². The van der Waals surface area contributed by atoms with Gasteiger partial charge in [0.15, 0.2) is 16.6 Å². The molecule has 0 spiro atoms. The van der Waals surface area contributed by atoms with Crippen LogP contribution in [-0.2, 0) is 9.59 Å². The third-order valence-electron chi connectivity index (χ3n) is 6.40. The summed E-state index contributed by atoms with van der Waals surface area (Å²) in [6, 6.07) is 16.2. The summed E-state index contributed by atoms with van der Waals surface area (Å²) in [7, 11) is 4.54. The number of aliphatic hydroxyl groups is 1. The number of amides is 1. The van der Waals surface area contributed by atoms with Gasteiger partial charge in [-0.25, -0.2) is 4.98 Å². The number of carbonyl (C=O) groups is 2. The number of ether oxygens (including phenoxy) is 4. The van der Waals surface area contributed by atoms with E-state index in [-0.39, 0.29) is 11.3 Å². The maximum absolute atomic E-state index is 13.6. The molecule has 5 rings (SSSR count). The van der Waals surface area contributed by atoms with Crippen LogP contribution >= 0.6 is 11.3 Å². The van der Waals surface area contributed by atoms with Crippen molar-refractivity contribution in [2.45, 2.75) is 13.0 Å². The summed E-state index contributed by atoms with van der Waals surface area (Å²) in [4.78, 5) is 33.1. The first-order valence-corrected chi connectivity index (χ1v) is 12.9. The van der Waals surface area contributed by atoms with Crippen molar-refractivity contribution in [3.8, 4) is 23.0 Å².